The Labute approximate surface area is 375 Å². The third-order valence-electron chi connectivity index (χ3n) is 8.56. The second-order valence-electron chi connectivity index (χ2n) is 17.3. The summed E-state index contributed by atoms with van der Waals surface area (Å²) in [7, 11) is -10.1. The maximum absolute atomic E-state index is 13.4. The highest BCUT2D eigenvalue weighted by molar-refractivity contribution is 7.90. The normalized spacial score (nSPS) is 14.3. The zero-order chi connectivity index (χ0) is 46.5. The minimum atomic E-state index is -3.42. The Balaban J connectivity index is 0.000000460. The first-order chi connectivity index (χ1) is 28.7. The summed E-state index contributed by atoms with van der Waals surface area (Å²) in [6.45, 7) is 19.6. The fourth-order valence-electron chi connectivity index (χ4n) is 6.43. The van der Waals surface area contributed by atoms with Gasteiger partial charge in [0.05, 0.1) is 83.7 Å². The molecule has 0 unspecified atom stereocenters. The van der Waals surface area contributed by atoms with Crippen molar-refractivity contribution in [3.63, 3.8) is 0 Å². The lowest BCUT2D eigenvalue weighted by Crippen LogP contribution is -2.27. The number of hydrogen-bond acceptors (Lipinski definition) is 15. The molecule has 1 aliphatic carbocycles. The second-order valence-corrected chi connectivity index (χ2v) is 23.3. The van der Waals surface area contributed by atoms with Gasteiger partial charge in [0.15, 0.2) is 21.5 Å². The molecule has 0 bridgehead atoms. The highest BCUT2D eigenvalue weighted by Gasteiger charge is 2.31. The third-order valence-corrected chi connectivity index (χ3v) is 14.1. The molecule has 1 fully saturated rings. The second kappa shape index (κ2) is 24.6. The number of nitrogens with zero attached hydrogens (tertiary/aromatic N) is 4. The summed E-state index contributed by atoms with van der Waals surface area (Å²) in [5, 5.41) is 5.34. The number of amides is 2. The molecule has 2 N–H and O–H groups in total. The number of anilines is 2. The molecule has 20 heteroatoms. The first-order valence-electron chi connectivity index (χ1n) is 20.9. The van der Waals surface area contributed by atoms with Crippen LogP contribution >= 0.6 is 15.2 Å². The number of aromatic nitrogens is 4. The molecule has 17 nitrogen and oxygen atoms in total. The largest absolute Gasteiger partial charge is 0.444 e. The van der Waals surface area contributed by atoms with Crippen LogP contribution in [0.15, 0.2) is 53.9 Å². The number of rotatable bonds is 19. The lowest BCUT2D eigenvalue weighted by atomic mass is 9.87. The smallest absolute Gasteiger partial charge is 0.413 e. The molecule has 2 amide bonds. The summed E-state index contributed by atoms with van der Waals surface area (Å²) >= 11 is 0. The van der Waals surface area contributed by atoms with E-state index in [1.807, 2.05) is 0 Å². The summed E-state index contributed by atoms with van der Waals surface area (Å²) < 4.78 is 76.9. The molecule has 0 aliphatic heterocycles. The molecule has 2 aromatic heterocycles. The fraction of sp³-hybridized carbons (Fsp3) is 0.628. The molecule has 1 aromatic carbocycles. The maximum Gasteiger partial charge on any atom is 0.413 e. The van der Waals surface area contributed by atoms with Gasteiger partial charge in [-0.25, -0.2) is 23.2 Å². The molecule has 63 heavy (non-hydrogen) atoms. The van der Waals surface area contributed by atoms with Crippen molar-refractivity contribution in [2.75, 3.05) is 16.9 Å². The molecular weight excluding hydrogens is 871 g/mol. The van der Waals surface area contributed by atoms with Crippen molar-refractivity contribution in [3.8, 4) is 0 Å². The molecule has 1 aliphatic rings. The van der Waals surface area contributed by atoms with Crippen molar-refractivity contribution in [1.29, 1.82) is 0 Å². The lowest BCUT2D eigenvalue weighted by Gasteiger charge is -2.22. The van der Waals surface area contributed by atoms with Crippen LogP contribution in [0.1, 0.15) is 139 Å². The number of benzene rings is 1. The van der Waals surface area contributed by atoms with Gasteiger partial charge in [0.1, 0.15) is 5.60 Å². The van der Waals surface area contributed by atoms with Gasteiger partial charge in [-0.1, -0.05) is 45.2 Å². The molecule has 0 spiro atoms. The molecule has 354 valence electrons. The number of sulfone groups is 1. The Morgan fingerprint density at radius 2 is 1.11 bits per heavy atom. The van der Waals surface area contributed by atoms with E-state index in [1.165, 1.54) is 24.8 Å². The van der Waals surface area contributed by atoms with Gasteiger partial charge in [0.2, 0.25) is 5.91 Å². The Hall–Kier alpha value is -3.63. The van der Waals surface area contributed by atoms with Crippen LogP contribution in [-0.4, -0.2) is 76.6 Å². The van der Waals surface area contributed by atoms with Crippen LogP contribution in [0.5, 0.6) is 0 Å². The summed E-state index contributed by atoms with van der Waals surface area (Å²) in [5.74, 6) is 0.287. The third kappa shape index (κ3) is 20.8. The Kier molecular flexibility index (Phi) is 21.7. The van der Waals surface area contributed by atoms with Gasteiger partial charge in [0.25, 0.3) is 0 Å². The first kappa shape index (κ1) is 55.5. The Bertz CT molecular complexity index is 2060. The van der Waals surface area contributed by atoms with Crippen LogP contribution in [0, 0.1) is 5.92 Å². The molecule has 1 atom stereocenters. The molecule has 4 rings (SSSR count). The van der Waals surface area contributed by atoms with Crippen molar-refractivity contribution < 1.29 is 50.0 Å². The van der Waals surface area contributed by atoms with Gasteiger partial charge in [0, 0.05) is 6.26 Å². The number of nitrogens with one attached hydrogen (secondary N) is 2. The van der Waals surface area contributed by atoms with E-state index in [2.05, 4.69) is 30.6 Å². The Morgan fingerprint density at radius 1 is 0.698 bits per heavy atom. The van der Waals surface area contributed by atoms with Crippen LogP contribution in [0.2, 0.25) is 0 Å². The maximum atomic E-state index is 13.4. The number of hydrogen-bond donors (Lipinski definition) is 2. The highest BCUT2D eigenvalue weighted by Crippen LogP contribution is 2.54. The molecule has 0 radical (unpaired) electrons. The minimum absolute atomic E-state index is 0. The van der Waals surface area contributed by atoms with Crippen molar-refractivity contribution in [1.82, 2.24) is 19.9 Å². The van der Waals surface area contributed by atoms with Crippen molar-refractivity contribution in [2.45, 2.75) is 169 Å². The summed E-state index contributed by atoms with van der Waals surface area (Å²) in [4.78, 5) is 42.2. The topological polar surface area (TPSA) is 224 Å². The summed E-state index contributed by atoms with van der Waals surface area (Å²) in [5.41, 5.74) is 1.03. The van der Waals surface area contributed by atoms with E-state index >= 15 is 0 Å². The standard InChI is InChI=1S/C26H38N3O6PS.C16H28N3O5P.CH4/c1-18(2)34-36(31,35-19(3)4)17-22-15-28-25(16-27-22)29-26(30)24(14-20-8-6-7-9-20)21-10-12-23(13-11-21)37(5,32)33;1-11(2)23-25(21,24-12(3)4)10-13-8-18-14(9-17-13)19-15(20)22-16(5,6)7;/h10-13,15-16,18-20,24H,6-9,14,17H2,1-5H3,(H,28,29,30);8-9,11-12H,10H2,1-7H3,(H,18,19,20);1H4/t24-;;/m1../s1. The number of carbonyl (C=O) groups is 2. The molecule has 0 saturated heterocycles. The number of carbonyl (C=O) groups excluding carboxylic acids is 2. The molecule has 2 heterocycles. The van der Waals surface area contributed by atoms with E-state index in [9.17, 15) is 27.1 Å². The predicted octanol–water partition coefficient (Wildman–Crippen LogP) is 10.7. The van der Waals surface area contributed by atoms with Gasteiger partial charge in [-0.2, -0.15) is 0 Å². The zero-order valence-corrected chi connectivity index (χ0v) is 40.7. The Morgan fingerprint density at radius 3 is 1.46 bits per heavy atom. The van der Waals surface area contributed by atoms with E-state index in [4.69, 9.17) is 22.8 Å². The van der Waals surface area contributed by atoms with E-state index in [1.54, 1.807) is 100 Å². The van der Waals surface area contributed by atoms with Gasteiger partial charge >= 0.3 is 21.3 Å². The quantitative estimate of drug-likeness (QED) is 0.107. The molecule has 1 saturated carbocycles. The van der Waals surface area contributed by atoms with Crippen molar-refractivity contribution >= 4 is 48.7 Å². The van der Waals surface area contributed by atoms with Crippen LogP contribution < -0.4 is 10.6 Å². The molecule has 3 aromatic rings. The fourth-order valence-corrected chi connectivity index (χ4v) is 11.1. The first-order valence-corrected chi connectivity index (χ1v) is 26.2. The van der Waals surface area contributed by atoms with E-state index < -0.39 is 42.6 Å². The van der Waals surface area contributed by atoms with Crippen LogP contribution in [0.25, 0.3) is 0 Å². The van der Waals surface area contributed by atoms with E-state index in [0.29, 0.717) is 23.7 Å². The van der Waals surface area contributed by atoms with Crippen LogP contribution in [0.4, 0.5) is 16.4 Å². The van der Waals surface area contributed by atoms with Crippen LogP contribution in [-0.2, 0) is 58.9 Å². The van der Waals surface area contributed by atoms with Gasteiger partial charge in [-0.15, -0.1) is 0 Å². The average Bonchev–Trinajstić information content (AvgIpc) is 3.63. The van der Waals surface area contributed by atoms with Crippen molar-refractivity contribution in [3.05, 3.63) is 66.0 Å². The zero-order valence-electron chi connectivity index (χ0n) is 38.1. The summed E-state index contributed by atoms with van der Waals surface area (Å²) in [6, 6.07) is 6.52. The van der Waals surface area contributed by atoms with E-state index in [0.717, 1.165) is 37.5 Å². The number of ether oxygens (including phenoxy) is 1. The monoisotopic (exact) mass is 940 g/mol. The van der Waals surface area contributed by atoms with Crippen molar-refractivity contribution in [2.24, 2.45) is 5.92 Å². The predicted molar refractivity (Wildman–Crippen MR) is 246 cm³/mol. The SMILES string of the molecule is C.CC(C)OP(=O)(Cc1cnc(NC(=O)OC(C)(C)C)cn1)OC(C)C.CC(C)OP(=O)(Cc1cnc(NC(=O)[C@H](CC2CCCC2)c2ccc(S(C)(=O)=O)cc2)cn1)OC(C)C. The average molecular weight is 941 g/mol. The van der Waals surface area contributed by atoms with Gasteiger partial charge < -0.3 is 28.1 Å². The van der Waals surface area contributed by atoms with Gasteiger partial charge in [-0.3, -0.25) is 29.2 Å². The summed E-state index contributed by atoms with van der Waals surface area (Å²) in [6.07, 6.45) is 10.3. The van der Waals surface area contributed by atoms with Gasteiger partial charge in [-0.05, 0) is 106 Å². The minimum Gasteiger partial charge on any atom is -0.444 e. The van der Waals surface area contributed by atoms with Crippen LogP contribution in [0.3, 0.4) is 0 Å². The molecular formula is C43H70N6O11P2S. The highest BCUT2D eigenvalue weighted by atomic mass is 32.2. The van der Waals surface area contributed by atoms with E-state index in [-0.39, 0.29) is 66.6 Å². The lowest BCUT2D eigenvalue weighted by molar-refractivity contribution is -0.118.